The number of carbonyl (C=O) groups excluding carboxylic acids is 3. The molecule has 0 aromatic heterocycles. The fourth-order valence-electron chi connectivity index (χ4n) is 4.75. The van der Waals surface area contributed by atoms with E-state index in [1.807, 2.05) is 39.0 Å². The molecule has 2 aromatic carbocycles. The van der Waals surface area contributed by atoms with Crippen LogP contribution in [0.4, 0.5) is 5.69 Å². The van der Waals surface area contributed by atoms with Crippen molar-refractivity contribution < 1.29 is 14.4 Å². The average molecular weight is 435 g/mol. The first-order chi connectivity index (χ1) is 15.3. The lowest BCUT2D eigenvalue weighted by Gasteiger charge is -2.37. The van der Waals surface area contributed by atoms with Gasteiger partial charge in [-0.2, -0.15) is 0 Å². The number of amides is 3. The van der Waals surface area contributed by atoms with Crippen LogP contribution in [0, 0.1) is 5.92 Å². The summed E-state index contributed by atoms with van der Waals surface area (Å²) in [6.45, 7) is 7.32. The first-order valence-corrected chi connectivity index (χ1v) is 11.1. The minimum atomic E-state index is -0.733. The van der Waals surface area contributed by atoms with Gasteiger partial charge in [-0.15, -0.1) is 0 Å². The lowest BCUT2D eigenvalue weighted by atomic mass is 9.86. The van der Waals surface area contributed by atoms with Crippen LogP contribution in [0.25, 0.3) is 0 Å². The fourth-order valence-corrected chi connectivity index (χ4v) is 4.75. The van der Waals surface area contributed by atoms with Crippen LogP contribution in [0.15, 0.2) is 54.6 Å². The molecule has 2 aromatic rings. The molecule has 1 fully saturated rings. The molecule has 0 bridgehead atoms. The Morgan fingerprint density at radius 1 is 1.12 bits per heavy atom. The number of benzene rings is 2. The van der Waals surface area contributed by atoms with Crippen molar-refractivity contribution in [3.63, 3.8) is 0 Å². The smallest absolute Gasteiger partial charge is 0.253 e. The van der Waals surface area contributed by atoms with Gasteiger partial charge in [-0.25, -0.2) is 0 Å². The summed E-state index contributed by atoms with van der Waals surface area (Å²) in [5.41, 5.74) is 1.29. The lowest BCUT2D eigenvalue weighted by molar-refractivity contribution is -0.127. The van der Waals surface area contributed by atoms with Crippen LogP contribution >= 0.6 is 0 Å². The Kier molecular flexibility index (Phi) is 6.02. The van der Waals surface area contributed by atoms with Crippen molar-refractivity contribution in [2.24, 2.45) is 5.92 Å². The highest BCUT2D eigenvalue weighted by atomic mass is 16.2. The van der Waals surface area contributed by atoms with E-state index in [1.165, 1.54) is 4.90 Å². The number of hydrogen-bond acceptors (Lipinski definition) is 4. The maximum Gasteiger partial charge on any atom is 0.253 e. The van der Waals surface area contributed by atoms with E-state index in [0.29, 0.717) is 30.9 Å². The van der Waals surface area contributed by atoms with Crippen molar-refractivity contribution in [1.29, 1.82) is 0 Å². The van der Waals surface area contributed by atoms with E-state index in [-0.39, 0.29) is 30.3 Å². The summed E-state index contributed by atoms with van der Waals surface area (Å²) < 4.78 is 0. The molecule has 4 rings (SSSR count). The third kappa shape index (κ3) is 4.39. The van der Waals surface area contributed by atoms with Gasteiger partial charge in [-0.3, -0.25) is 19.3 Å². The predicted octanol–water partition coefficient (Wildman–Crippen LogP) is 2.18. The molecular weight excluding hydrogens is 404 g/mol. The average Bonchev–Trinajstić information content (AvgIpc) is 3.06. The van der Waals surface area contributed by atoms with Crippen LogP contribution in [0.1, 0.15) is 36.7 Å². The second kappa shape index (κ2) is 8.74. The number of para-hydroxylation sites is 1. The molecule has 2 atom stereocenters. The van der Waals surface area contributed by atoms with E-state index in [0.717, 1.165) is 5.56 Å². The monoisotopic (exact) mass is 434 g/mol. The SMILES string of the molecule is CC(C)NC(=O)CN1C(=O)[C@@H]2CN(Cc3ccccc3)C[C@]2(C)NC(=O)c2ccccc21. The van der Waals surface area contributed by atoms with Crippen LogP contribution in [0.3, 0.4) is 0 Å². The summed E-state index contributed by atoms with van der Waals surface area (Å²) in [6.07, 6.45) is 0. The minimum Gasteiger partial charge on any atom is -0.352 e. The van der Waals surface area contributed by atoms with E-state index in [2.05, 4.69) is 27.7 Å². The molecule has 0 unspecified atom stereocenters. The largest absolute Gasteiger partial charge is 0.352 e. The van der Waals surface area contributed by atoms with Crippen LogP contribution in [-0.4, -0.2) is 53.8 Å². The molecule has 168 valence electrons. The zero-order valence-electron chi connectivity index (χ0n) is 18.8. The van der Waals surface area contributed by atoms with Crippen molar-refractivity contribution in [3.05, 3.63) is 65.7 Å². The van der Waals surface area contributed by atoms with Crippen LogP contribution < -0.4 is 15.5 Å². The van der Waals surface area contributed by atoms with Gasteiger partial charge >= 0.3 is 0 Å². The van der Waals surface area contributed by atoms with E-state index in [1.54, 1.807) is 24.3 Å². The molecule has 2 aliphatic rings. The third-order valence-electron chi connectivity index (χ3n) is 6.17. The molecule has 7 heteroatoms. The molecule has 32 heavy (non-hydrogen) atoms. The quantitative estimate of drug-likeness (QED) is 0.756. The molecule has 7 nitrogen and oxygen atoms in total. The van der Waals surface area contributed by atoms with Crippen LogP contribution in [0.2, 0.25) is 0 Å². The molecule has 0 aliphatic carbocycles. The first-order valence-electron chi connectivity index (χ1n) is 11.1. The van der Waals surface area contributed by atoms with Crippen molar-refractivity contribution in [2.45, 2.75) is 38.9 Å². The van der Waals surface area contributed by atoms with Crippen molar-refractivity contribution >= 4 is 23.4 Å². The highest BCUT2D eigenvalue weighted by Crippen LogP contribution is 2.35. The Hall–Kier alpha value is -3.19. The first kappa shape index (κ1) is 22.0. The van der Waals surface area contributed by atoms with Gasteiger partial charge in [0, 0.05) is 25.7 Å². The zero-order valence-corrected chi connectivity index (χ0v) is 18.8. The van der Waals surface area contributed by atoms with Crippen LogP contribution in [-0.2, 0) is 16.1 Å². The molecule has 1 saturated heterocycles. The summed E-state index contributed by atoms with van der Waals surface area (Å²) in [5, 5.41) is 5.99. The standard InChI is InChI=1S/C25H30N4O3/c1-17(2)26-22(30)15-29-21-12-8-7-11-19(21)23(31)27-25(3)16-28(14-20(25)24(29)32)13-18-9-5-4-6-10-18/h4-12,17,20H,13-16H2,1-3H3,(H,26,30)(H,27,31)/t20-,25-/m0/s1. The van der Waals surface area contributed by atoms with Gasteiger partial charge in [-0.1, -0.05) is 42.5 Å². The lowest BCUT2D eigenvalue weighted by Crippen LogP contribution is -2.59. The van der Waals surface area contributed by atoms with Gasteiger partial charge < -0.3 is 15.5 Å². The summed E-state index contributed by atoms with van der Waals surface area (Å²) in [5.74, 6) is -1.08. The Bertz CT molecular complexity index is 1020. The van der Waals surface area contributed by atoms with Crippen LogP contribution in [0.5, 0.6) is 0 Å². The summed E-state index contributed by atoms with van der Waals surface area (Å²) in [6, 6.07) is 17.0. The normalized spacial score (nSPS) is 23.2. The maximum absolute atomic E-state index is 13.8. The second-order valence-corrected chi connectivity index (χ2v) is 9.24. The summed E-state index contributed by atoms with van der Waals surface area (Å²) in [4.78, 5) is 43.4. The van der Waals surface area contributed by atoms with Gasteiger partial charge in [0.1, 0.15) is 6.54 Å². The van der Waals surface area contributed by atoms with Gasteiger partial charge in [-0.05, 0) is 38.5 Å². The zero-order chi connectivity index (χ0) is 22.9. The molecule has 2 N–H and O–H groups in total. The van der Waals surface area contributed by atoms with Crippen molar-refractivity contribution in [2.75, 3.05) is 24.5 Å². The number of carbonyl (C=O) groups is 3. The predicted molar refractivity (Wildman–Crippen MR) is 123 cm³/mol. The third-order valence-corrected chi connectivity index (χ3v) is 6.17. The van der Waals surface area contributed by atoms with Crippen molar-refractivity contribution in [1.82, 2.24) is 15.5 Å². The molecule has 2 aliphatic heterocycles. The molecule has 2 heterocycles. The Balaban J connectivity index is 1.67. The number of rotatable bonds is 5. The fraction of sp³-hybridized carbons (Fsp3) is 0.400. The van der Waals surface area contributed by atoms with E-state index in [4.69, 9.17) is 0 Å². The van der Waals surface area contributed by atoms with Crippen molar-refractivity contribution in [3.8, 4) is 0 Å². The van der Waals surface area contributed by atoms with E-state index in [9.17, 15) is 14.4 Å². The molecule has 0 saturated carbocycles. The van der Waals surface area contributed by atoms with E-state index >= 15 is 0 Å². The number of anilines is 1. The number of nitrogens with zero attached hydrogens (tertiary/aromatic N) is 2. The number of nitrogens with one attached hydrogen (secondary N) is 2. The van der Waals surface area contributed by atoms with E-state index < -0.39 is 11.5 Å². The number of likely N-dealkylation sites (tertiary alicyclic amines) is 1. The number of fused-ring (bicyclic) bond motifs is 2. The molecular formula is C25H30N4O3. The highest BCUT2D eigenvalue weighted by molar-refractivity contribution is 6.09. The summed E-state index contributed by atoms with van der Waals surface area (Å²) >= 11 is 0. The van der Waals surface area contributed by atoms with Gasteiger partial charge in [0.15, 0.2) is 0 Å². The molecule has 3 amide bonds. The minimum absolute atomic E-state index is 0.0380. The maximum atomic E-state index is 13.8. The molecule has 0 spiro atoms. The Morgan fingerprint density at radius 3 is 2.53 bits per heavy atom. The summed E-state index contributed by atoms with van der Waals surface area (Å²) in [7, 11) is 0. The van der Waals surface area contributed by atoms with Gasteiger partial charge in [0.25, 0.3) is 5.91 Å². The van der Waals surface area contributed by atoms with Gasteiger partial charge in [0.2, 0.25) is 11.8 Å². The highest BCUT2D eigenvalue weighted by Gasteiger charge is 2.51. The Labute approximate surface area is 188 Å². The van der Waals surface area contributed by atoms with Gasteiger partial charge in [0.05, 0.1) is 22.7 Å². The Morgan fingerprint density at radius 2 is 1.81 bits per heavy atom. The second-order valence-electron chi connectivity index (χ2n) is 9.24. The number of hydrogen-bond donors (Lipinski definition) is 2. The topological polar surface area (TPSA) is 81.8 Å². The molecule has 0 radical (unpaired) electrons.